The molecule has 0 aliphatic heterocycles. The Labute approximate surface area is 93.7 Å². The van der Waals surface area contributed by atoms with E-state index in [0.717, 1.165) is 0 Å². The smallest absolute Gasteiger partial charge is 1.00 e. The number of hydrogen-bond acceptors (Lipinski definition) is 0. The molecule has 0 fully saturated rings. The molecule has 0 spiro atoms. The van der Waals surface area contributed by atoms with E-state index < -0.39 is 19.8 Å². The van der Waals surface area contributed by atoms with Gasteiger partial charge in [0.15, 0.2) is 0 Å². The first-order valence-electron chi connectivity index (χ1n) is 6.18. The first kappa shape index (κ1) is 13.8. The van der Waals surface area contributed by atoms with Crippen molar-refractivity contribution in [3.8, 4) is 0 Å². The van der Waals surface area contributed by atoms with Crippen LogP contribution in [0.4, 0.5) is 0 Å². The van der Waals surface area contributed by atoms with Gasteiger partial charge in [0.2, 0.25) is 0 Å². The zero-order valence-electron chi connectivity index (χ0n) is 10.9. The van der Waals surface area contributed by atoms with Crippen molar-refractivity contribution in [2.24, 2.45) is 0 Å². The van der Waals surface area contributed by atoms with Crippen molar-refractivity contribution >= 4 is 19.8 Å². The van der Waals surface area contributed by atoms with Gasteiger partial charge in [0.25, 0.3) is 0 Å². The predicted octanol–water partition coefficient (Wildman–Crippen LogP) is 4.99. The second-order valence-corrected chi connectivity index (χ2v) is 12.6. The van der Waals surface area contributed by atoms with Crippen molar-refractivity contribution in [2.45, 2.75) is 72.6 Å². The van der Waals surface area contributed by atoms with Crippen LogP contribution < -0.4 is 0 Å². The third kappa shape index (κ3) is 9.11. The average Bonchev–Trinajstić information content (AvgIpc) is 2.17. The van der Waals surface area contributed by atoms with Crippen LogP contribution >= 0.6 is 0 Å². The van der Waals surface area contributed by atoms with E-state index in [1.165, 1.54) is 38.5 Å². The summed E-state index contributed by atoms with van der Waals surface area (Å²) in [5.74, 6) is 0. The fourth-order valence-corrected chi connectivity index (χ4v) is 11.1. The fourth-order valence-electron chi connectivity index (χ4n) is 1.66. The number of rotatable bonds is 9. The van der Waals surface area contributed by atoms with Crippen LogP contribution in [0.2, 0.25) is 13.3 Å². The van der Waals surface area contributed by atoms with E-state index in [1.807, 2.05) is 0 Å². The molecule has 1 heteroatoms. The maximum Gasteiger partial charge on any atom is -1.00 e. The Bertz CT molecular complexity index is 77.3. The summed E-state index contributed by atoms with van der Waals surface area (Å²) in [7, 11) is 0. The van der Waals surface area contributed by atoms with Crippen molar-refractivity contribution in [1.82, 2.24) is 0 Å². The summed E-state index contributed by atoms with van der Waals surface area (Å²) in [5.41, 5.74) is 0. The normalized spacial score (nSPS) is 10.4. The number of unbranched alkanes of at least 4 members (excludes halogenated alkanes) is 3. The zero-order chi connectivity index (χ0) is 9.94. The first-order chi connectivity index (χ1) is 6.35. The molecular weight excluding hydrogens is 263 g/mol. The van der Waals surface area contributed by atoms with E-state index in [9.17, 15) is 0 Å². The van der Waals surface area contributed by atoms with Crippen LogP contribution in [0, 0.1) is 0 Å². The first-order valence-corrected chi connectivity index (χ1v) is 12.2. The van der Waals surface area contributed by atoms with Crippen LogP contribution in [-0.4, -0.2) is 19.8 Å². The van der Waals surface area contributed by atoms with Gasteiger partial charge in [-0.05, 0) is 0 Å². The van der Waals surface area contributed by atoms with Gasteiger partial charge in [-0.15, -0.1) is 0 Å². The summed E-state index contributed by atoms with van der Waals surface area (Å²) >= 11 is -0.839. The average molecular weight is 291 g/mol. The monoisotopic (exact) mass is 292 g/mol. The minimum Gasteiger partial charge on any atom is -1.00 e. The summed E-state index contributed by atoms with van der Waals surface area (Å²) < 4.78 is 5.04. The molecule has 0 amide bonds. The summed E-state index contributed by atoms with van der Waals surface area (Å²) in [4.78, 5) is 0. The molecule has 0 aromatic heterocycles. The standard InChI is InChI=1S/3C4H9.Sn.H/c3*1-3-4-2;;/h3*1,3-4H2,2H3;;/q;;;+1;-1. The van der Waals surface area contributed by atoms with Gasteiger partial charge in [-0.2, -0.15) is 0 Å². The third-order valence-electron chi connectivity index (χ3n) is 2.65. The molecule has 0 N–H and O–H groups in total. The van der Waals surface area contributed by atoms with Crippen LogP contribution in [0.3, 0.4) is 0 Å². The van der Waals surface area contributed by atoms with Gasteiger partial charge in [0.05, 0.1) is 0 Å². The molecular formula is C12H28Sn. The summed E-state index contributed by atoms with van der Waals surface area (Å²) in [6.45, 7) is 7.00. The summed E-state index contributed by atoms with van der Waals surface area (Å²) in [6.07, 6.45) is 8.85. The van der Waals surface area contributed by atoms with Crippen LogP contribution in [0.25, 0.3) is 0 Å². The molecule has 0 nitrogen and oxygen atoms in total. The van der Waals surface area contributed by atoms with Crippen molar-refractivity contribution in [3.63, 3.8) is 0 Å². The number of hydrogen-bond donors (Lipinski definition) is 0. The van der Waals surface area contributed by atoms with Crippen molar-refractivity contribution < 1.29 is 1.43 Å². The third-order valence-corrected chi connectivity index (χ3v) is 11.7. The molecule has 0 aliphatic carbocycles. The predicted molar refractivity (Wildman–Crippen MR) is 66.0 cm³/mol. The van der Waals surface area contributed by atoms with Gasteiger partial charge in [0.1, 0.15) is 0 Å². The van der Waals surface area contributed by atoms with Crippen molar-refractivity contribution in [3.05, 3.63) is 0 Å². The molecule has 0 unspecified atom stereocenters. The Morgan fingerprint density at radius 3 is 1.23 bits per heavy atom. The van der Waals surface area contributed by atoms with Crippen LogP contribution in [0.5, 0.6) is 0 Å². The molecule has 0 rings (SSSR count). The van der Waals surface area contributed by atoms with Crippen molar-refractivity contribution in [1.29, 1.82) is 0 Å². The quantitative estimate of drug-likeness (QED) is 0.525. The van der Waals surface area contributed by atoms with Crippen molar-refractivity contribution in [2.75, 3.05) is 0 Å². The van der Waals surface area contributed by atoms with Gasteiger partial charge in [0, 0.05) is 0 Å². The van der Waals surface area contributed by atoms with Gasteiger partial charge >= 0.3 is 92.4 Å². The zero-order valence-corrected chi connectivity index (χ0v) is 12.7. The molecule has 80 valence electrons. The topological polar surface area (TPSA) is 0 Å². The van der Waals surface area contributed by atoms with Gasteiger partial charge in [-0.3, -0.25) is 0 Å². The summed E-state index contributed by atoms with van der Waals surface area (Å²) in [6, 6.07) is 0. The molecule has 0 radical (unpaired) electrons. The van der Waals surface area contributed by atoms with Gasteiger partial charge in [-0.25, -0.2) is 0 Å². The summed E-state index contributed by atoms with van der Waals surface area (Å²) in [5, 5.41) is 0. The van der Waals surface area contributed by atoms with E-state index >= 15 is 0 Å². The molecule has 0 saturated heterocycles. The van der Waals surface area contributed by atoms with Crippen LogP contribution in [-0.2, 0) is 0 Å². The Morgan fingerprint density at radius 1 is 0.692 bits per heavy atom. The largest absolute Gasteiger partial charge is 1.00 e. The SMILES string of the molecule is CCC[CH2][Sn+]([CH2]CCC)[CH2]CCC.[H-]. The Balaban J connectivity index is 0. The van der Waals surface area contributed by atoms with Gasteiger partial charge in [-0.1, -0.05) is 0 Å². The van der Waals surface area contributed by atoms with Gasteiger partial charge < -0.3 is 1.43 Å². The van der Waals surface area contributed by atoms with E-state index in [2.05, 4.69) is 20.8 Å². The van der Waals surface area contributed by atoms with Crippen LogP contribution in [0.1, 0.15) is 60.7 Å². The molecule has 13 heavy (non-hydrogen) atoms. The minimum absolute atomic E-state index is 0. The molecule has 0 atom stereocenters. The maximum absolute atomic E-state index is 2.33. The minimum atomic E-state index is -0.839. The Kier molecular flexibility index (Phi) is 11.5. The second-order valence-electron chi connectivity index (χ2n) is 4.06. The fraction of sp³-hybridized carbons (Fsp3) is 1.00. The second kappa shape index (κ2) is 10.9. The van der Waals surface area contributed by atoms with E-state index in [1.54, 1.807) is 13.3 Å². The Morgan fingerprint density at radius 2 is 1.00 bits per heavy atom. The maximum atomic E-state index is 2.33. The molecule has 0 aliphatic rings. The molecule has 0 saturated carbocycles. The molecule has 0 aromatic rings. The van der Waals surface area contributed by atoms with E-state index in [4.69, 9.17) is 0 Å². The molecule has 0 heterocycles. The van der Waals surface area contributed by atoms with Crippen LogP contribution in [0.15, 0.2) is 0 Å². The van der Waals surface area contributed by atoms with E-state index in [0.29, 0.717) is 0 Å². The molecule has 0 aromatic carbocycles. The Hall–Kier alpha value is 0.799. The van der Waals surface area contributed by atoms with E-state index in [-0.39, 0.29) is 1.43 Å². The molecule has 0 bridgehead atoms.